The molecule has 18 heavy (non-hydrogen) atoms. The highest BCUT2D eigenvalue weighted by Gasteiger charge is 2.38. The van der Waals surface area contributed by atoms with Crippen molar-refractivity contribution in [3.8, 4) is 6.07 Å². The minimum Gasteiger partial charge on any atom is -0.303 e. The lowest BCUT2D eigenvalue weighted by atomic mass is 9.76. The van der Waals surface area contributed by atoms with Crippen LogP contribution in [-0.2, 0) is 5.41 Å². The lowest BCUT2D eigenvalue weighted by molar-refractivity contribution is 0.192. The molecule has 96 valence electrons. The molecule has 2 rings (SSSR count). The van der Waals surface area contributed by atoms with Gasteiger partial charge in [0.2, 0.25) is 0 Å². The molecule has 0 saturated carbocycles. The highest BCUT2D eigenvalue weighted by atomic mass is 79.9. The van der Waals surface area contributed by atoms with E-state index in [1.54, 1.807) is 6.20 Å². The van der Waals surface area contributed by atoms with Gasteiger partial charge in [-0.2, -0.15) is 5.26 Å². The Kier molecular flexibility index (Phi) is 4.41. The highest BCUT2D eigenvalue weighted by Crippen LogP contribution is 2.38. The largest absolute Gasteiger partial charge is 0.303 e. The topological polar surface area (TPSA) is 39.9 Å². The van der Waals surface area contributed by atoms with Crippen LogP contribution in [0.3, 0.4) is 0 Å². The van der Waals surface area contributed by atoms with E-state index >= 15 is 0 Å². The van der Waals surface area contributed by atoms with Crippen LogP contribution in [0.5, 0.6) is 0 Å². The zero-order valence-electron chi connectivity index (χ0n) is 10.3. The van der Waals surface area contributed by atoms with Crippen LogP contribution in [0.25, 0.3) is 0 Å². The van der Waals surface area contributed by atoms with Gasteiger partial charge in [0.15, 0.2) is 0 Å². The molecule has 1 aromatic rings. The summed E-state index contributed by atoms with van der Waals surface area (Å²) in [5.41, 5.74) is 0.439. The molecule has 2 heterocycles. The van der Waals surface area contributed by atoms with E-state index in [2.05, 4.69) is 54.7 Å². The van der Waals surface area contributed by atoms with E-state index < -0.39 is 5.41 Å². The Morgan fingerprint density at radius 2 is 2.11 bits per heavy atom. The molecule has 5 heteroatoms. The van der Waals surface area contributed by atoms with Gasteiger partial charge in [-0.05, 0) is 57.3 Å². The van der Waals surface area contributed by atoms with Crippen molar-refractivity contribution in [2.24, 2.45) is 0 Å². The average Bonchev–Trinajstić information content (AvgIpc) is 2.39. The van der Waals surface area contributed by atoms with Gasteiger partial charge in [0.05, 0.1) is 11.8 Å². The van der Waals surface area contributed by atoms with Gasteiger partial charge in [-0.25, -0.2) is 0 Å². The Balaban J connectivity index is 2.31. The number of likely N-dealkylation sites (tertiary alicyclic amines) is 1. The first-order valence-electron chi connectivity index (χ1n) is 6.06. The molecule has 0 aliphatic carbocycles. The summed E-state index contributed by atoms with van der Waals surface area (Å²) in [6.07, 6.45) is 3.47. The third kappa shape index (κ3) is 2.61. The van der Waals surface area contributed by atoms with Crippen LogP contribution in [0.15, 0.2) is 21.2 Å². The summed E-state index contributed by atoms with van der Waals surface area (Å²) in [6, 6.07) is 4.47. The molecular weight excluding hydrogens is 358 g/mol. The van der Waals surface area contributed by atoms with E-state index in [1.165, 1.54) is 0 Å². The molecule has 3 nitrogen and oxygen atoms in total. The van der Waals surface area contributed by atoms with Crippen molar-refractivity contribution in [3.63, 3.8) is 0 Å². The lowest BCUT2D eigenvalue weighted by Gasteiger charge is -2.36. The van der Waals surface area contributed by atoms with E-state index in [0.29, 0.717) is 0 Å². The normalized spacial score (nSPS) is 19.4. The van der Waals surface area contributed by atoms with Crippen molar-refractivity contribution in [2.45, 2.75) is 25.2 Å². The first-order chi connectivity index (χ1) is 8.61. The van der Waals surface area contributed by atoms with Crippen molar-refractivity contribution in [1.29, 1.82) is 5.26 Å². The number of nitriles is 1. The Morgan fingerprint density at radius 1 is 1.44 bits per heavy atom. The Bertz CT molecular complexity index is 474. The van der Waals surface area contributed by atoms with Crippen LogP contribution in [0.1, 0.15) is 25.5 Å². The monoisotopic (exact) mass is 371 g/mol. The van der Waals surface area contributed by atoms with Gasteiger partial charge in [0.1, 0.15) is 5.41 Å². The molecule has 1 aromatic heterocycles. The number of aromatic nitrogens is 1. The van der Waals surface area contributed by atoms with E-state index in [4.69, 9.17) is 0 Å². The number of hydrogen-bond donors (Lipinski definition) is 0. The third-order valence-electron chi connectivity index (χ3n) is 3.63. The molecule has 0 amide bonds. The summed E-state index contributed by atoms with van der Waals surface area (Å²) in [5.74, 6) is 0. The Labute approximate surface area is 124 Å². The average molecular weight is 373 g/mol. The molecule has 0 aromatic carbocycles. The molecule has 0 atom stereocenters. The standard InChI is InChI=1S/C13H15Br2N3/c1-2-18-5-3-13(9-16,4-6-18)12-11(15)7-10(14)8-17-12/h7-8H,2-6H2,1H3. The van der Waals surface area contributed by atoms with Crippen molar-refractivity contribution in [1.82, 2.24) is 9.88 Å². The third-order valence-corrected chi connectivity index (χ3v) is 4.67. The minimum absolute atomic E-state index is 0.439. The molecular formula is C13H15Br2N3. The summed E-state index contributed by atoms with van der Waals surface area (Å²) < 4.78 is 1.85. The van der Waals surface area contributed by atoms with Gasteiger partial charge in [-0.15, -0.1) is 0 Å². The van der Waals surface area contributed by atoms with Crippen LogP contribution in [0.4, 0.5) is 0 Å². The molecule has 1 aliphatic rings. The van der Waals surface area contributed by atoms with Crippen LogP contribution in [0.2, 0.25) is 0 Å². The van der Waals surface area contributed by atoms with Crippen molar-refractivity contribution >= 4 is 31.9 Å². The first-order valence-corrected chi connectivity index (χ1v) is 7.65. The van der Waals surface area contributed by atoms with E-state index in [0.717, 1.165) is 47.1 Å². The van der Waals surface area contributed by atoms with Crippen LogP contribution in [0, 0.1) is 11.3 Å². The van der Waals surface area contributed by atoms with Crippen LogP contribution < -0.4 is 0 Å². The summed E-state index contributed by atoms with van der Waals surface area (Å²) in [6.45, 7) is 5.14. The van der Waals surface area contributed by atoms with E-state index in [9.17, 15) is 5.26 Å². The molecule has 1 saturated heterocycles. The molecule has 0 bridgehead atoms. The van der Waals surface area contributed by atoms with Gasteiger partial charge < -0.3 is 4.90 Å². The second-order valence-corrected chi connectivity index (χ2v) is 6.38. The van der Waals surface area contributed by atoms with Gasteiger partial charge in [0, 0.05) is 28.2 Å². The number of nitrogens with zero attached hydrogens (tertiary/aromatic N) is 3. The Hall–Kier alpha value is -0.440. The number of pyridine rings is 1. The van der Waals surface area contributed by atoms with Gasteiger partial charge in [-0.1, -0.05) is 6.92 Å². The van der Waals surface area contributed by atoms with Gasteiger partial charge in [-0.3, -0.25) is 4.98 Å². The second-order valence-electron chi connectivity index (χ2n) is 4.61. The van der Waals surface area contributed by atoms with Crippen molar-refractivity contribution < 1.29 is 0 Å². The van der Waals surface area contributed by atoms with Crippen molar-refractivity contribution in [3.05, 3.63) is 26.9 Å². The summed E-state index contributed by atoms with van der Waals surface area (Å²) >= 11 is 6.93. The summed E-state index contributed by atoms with van der Waals surface area (Å²) in [7, 11) is 0. The first kappa shape index (κ1) is 14.0. The Morgan fingerprint density at radius 3 is 2.61 bits per heavy atom. The maximum Gasteiger partial charge on any atom is 0.103 e. The summed E-state index contributed by atoms with van der Waals surface area (Å²) in [5, 5.41) is 9.61. The van der Waals surface area contributed by atoms with Crippen LogP contribution >= 0.6 is 31.9 Å². The quantitative estimate of drug-likeness (QED) is 0.797. The molecule has 1 aliphatic heterocycles. The minimum atomic E-state index is -0.439. The highest BCUT2D eigenvalue weighted by molar-refractivity contribution is 9.11. The predicted molar refractivity (Wildman–Crippen MR) is 78.3 cm³/mol. The number of hydrogen-bond acceptors (Lipinski definition) is 3. The number of halogens is 2. The molecule has 0 unspecified atom stereocenters. The summed E-state index contributed by atoms with van der Waals surface area (Å²) in [4.78, 5) is 6.84. The lowest BCUT2D eigenvalue weighted by Crippen LogP contribution is -2.42. The SMILES string of the molecule is CCN1CCC(C#N)(c2ncc(Br)cc2Br)CC1. The molecule has 0 N–H and O–H groups in total. The molecule has 0 radical (unpaired) electrons. The number of rotatable bonds is 2. The fourth-order valence-electron chi connectivity index (χ4n) is 2.42. The molecule has 1 fully saturated rings. The maximum absolute atomic E-state index is 9.61. The van der Waals surface area contributed by atoms with Gasteiger partial charge >= 0.3 is 0 Å². The van der Waals surface area contributed by atoms with E-state index in [1.807, 2.05) is 6.07 Å². The fourth-order valence-corrected chi connectivity index (χ4v) is 3.79. The maximum atomic E-state index is 9.61. The zero-order valence-corrected chi connectivity index (χ0v) is 13.5. The van der Waals surface area contributed by atoms with Crippen LogP contribution in [-0.4, -0.2) is 29.5 Å². The zero-order chi connectivity index (χ0) is 13.2. The number of piperidine rings is 1. The fraction of sp³-hybridized carbons (Fsp3) is 0.538. The smallest absolute Gasteiger partial charge is 0.103 e. The predicted octanol–water partition coefficient (Wildman–Crippen LogP) is 3.48. The molecule has 0 spiro atoms. The van der Waals surface area contributed by atoms with Crippen molar-refractivity contribution in [2.75, 3.05) is 19.6 Å². The van der Waals surface area contributed by atoms with E-state index in [-0.39, 0.29) is 0 Å². The second kappa shape index (κ2) is 5.68. The van der Waals surface area contributed by atoms with Gasteiger partial charge in [0.25, 0.3) is 0 Å².